The van der Waals surface area contributed by atoms with E-state index in [-0.39, 0.29) is 0 Å². The second-order valence-electron chi connectivity index (χ2n) is 3.24. The van der Waals surface area contributed by atoms with Crippen molar-refractivity contribution >= 4 is 0 Å². The second kappa shape index (κ2) is 4.65. The molecular formula is C14H13O. The molecule has 0 bridgehead atoms. The SMILES string of the molecule is C[CH]c1ccccc1Oc1ccccc1. The predicted molar refractivity (Wildman–Crippen MR) is 62.0 cm³/mol. The molecule has 2 aromatic rings. The highest BCUT2D eigenvalue weighted by molar-refractivity contribution is 5.41. The lowest BCUT2D eigenvalue weighted by atomic mass is 10.1. The zero-order chi connectivity index (χ0) is 10.5. The van der Waals surface area contributed by atoms with Crippen molar-refractivity contribution in [3.05, 3.63) is 66.6 Å². The lowest BCUT2D eigenvalue weighted by Crippen LogP contribution is -1.88. The third-order valence-corrected chi connectivity index (χ3v) is 2.20. The minimum atomic E-state index is 0.867. The Morgan fingerprint density at radius 3 is 2.27 bits per heavy atom. The molecule has 0 fully saturated rings. The molecule has 2 aromatic carbocycles. The van der Waals surface area contributed by atoms with Gasteiger partial charge in [0.15, 0.2) is 0 Å². The third-order valence-electron chi connectivity index (χ3n) is 2.20. The molecule has 1 radical (unpaired) electrons. The molecule has 2 rings (SSSR count). The summed E-state index contributed by atoms with van der Waals surface area (Å²) in [5, 5.41) is 0. The van der Waals surface area contributed by atoms with E-state index in [9.17, 15) is 0 Å². The molecule has 0 aliphatic carbocycles. The van der Waals surface area contributed by atoms with Crippen LogP contribution in [0.5, 0.6) is 11.5 Å². The lowest BCUT2D eigenvalue weighted by Gasteiger charge is -2.08. The first-order valence-corrected chi connectivity index (χ1v) is 5.01. The van der Waals surface area contributed by atoms with E-state index in [1.165, 1.54) is 0 Å². The quantitative estimate of drug-likeness (QED) is 0.721. The van der Waals surface area contributed by atoms with Crippen LogP contribution in [0.15, 0.2) is 54.6 Å². The van der Waals surface area contributed by atoms with Crippen LogP contribution in [0.1, 0.15) is 12.5 Å². The molecule has 0 heterocycles. The van der Waals surface area contributed by atoms with Crippen LogP contribution < -0.4 is 4.74 Å². The van der Waals surface area contributed by atoms with Crippen LogP contribution in [0, 0.1) is 6.42 Å². The molecule has 0 aliphatic rings. The van der Waals surface area contributed by atoms with Gasteiger partial charge >= 0.3 is 0 Å². The van der Waals surface area contributed by atoms with E-state index < -0.39 is 0 Å². The molecule has 0 atom stereocenters. The van der Waals surface area contributed by atoms with Gasteiger partial charge in [0.1, 0.15) is 11.5 Å². The Morgan fingerprint density at radius 2 is 1.53 bits per heavy atom. The smallest absolute Gasteiger partial charge is 0.130 e. The summed E-state index contributed by atoms with van der Waals surface area (Å²) in [5.74, 6) is 1.76. The topological polar surface area (TPSA) is 9.23 Å². The molecule has 75 valence electrons. The molecular weight excluding hydrogens is 184 g/mol. The molecule has 0 saturated heterocycles. The zero-order valence-corrected chi connectivity index (χ0v) is 8.68. The average Bonchev–Trinajstić information content (AvgIpc) is 2.31. The fourth-order valence-corrected chi connectivity index (χ4v) is 1.43. The summed E-state index contributed by atoms with van der Waals surface area (Å²) in [6.45, 7) is 2.01. The Labute approximate surface area is 90.3 Å². The van der Waals surface area contributed by atoms with Gasteiger partial charge in [-0.25, -0.2) is 0 Å². The van der Waals surface area contributed by atoms with Crippen molar-refractivity contribution in [1.29, 1.82) is 0 Å². The van der Waals surface area contributed by atoms with Crippen molar-refractivity contribution < 1.29 is 4.74 Å². The van der Waals surface area contributed by atoms with Crippen LogP contribution in [0.25, 0.3) is 0 Å². The Hall–Kier alpha value is -1.76. The van der Waals surface area contributed by atoms with Gasteiger partial charge < -0.3 is 4.74 Å². The van der Waals surface area contributed by atoms with Crippen LogP contribution in [0.2, 0.25) is 0 Å². The van der Waals surface area contributed by atoms with Crippen LogP contribution in [-0.2, 0) is 0 Å². The first kappa shape index (κ1) is 9.78. The highest BCUT2D eigenvalue weighted by atomic mass is 16.5. The zero-order valence-electron chi connectivity index (χ0n) is 8.68. The van der Waals surface area contributed by atoms with Gasteiger partial charge in [-0.15, -0.1) is 0 Å². The van der Waals surface area contributed by atoms with Crippen LogP contribution in [0.3, 0.4) is 0 Å². The van der Waals surface area contributed by atoms with E-state index in [4.69, 9.17) is 4.74 Å². The van der Waals surface area contributed by atoms with Crippen molar-refractivity contribution in [2.75, 3.05) is 0 Å². The van der Waals surface area contributed by atoms with Crippen LogP contribution in [-0.4, -0.2) is 0 Å². The number of rotatable bonds is 3. The second-order valence-corrected chi connectivity index (χ2v) is 3.24. The summed E-state index contributed by atoms with van der Waals surface area (Å²) in [6, 6.07) is 17.8. The molecule has 0 unspecified atom stereocenters. The molecule has 0 saturated carbocycles. The summed E-state index contributed by atoms with van der Waals surface area (Å²) in [5.41, 5.74) is 1.11. The summed E-state index contributed by atoms with van der Waals surface area (Å²) in [4.78, 5) is 0. The average molecular weight is 197 g/mol. The molecule has 0 aliphatic heterocycles. The van der Waals surface area contributed by atoms with E-state index in [1.807, 2.05) is 67.9 Å². The van der Waals surface area contributed by atoms with Gasteiger partial charge in [0.2, 0.25) is 0 Å². The van der Waals surface area contributed by atoms with Gasteiger partial charge in [0.25, 0.3) is 0 Å². The molecule has 1 nitrogen and oxygen atoms in total. The first-order valence-electron chi connectivity index (χ1n) is 5.01. The summed E-state index contributed by atoms with van der Waals surface area (Å²) < 4.78 is 5.77. The molecule has 0 aromatic heterocycles. The first-order chi connectivity index (χ1) is 7.40. The van der Waals surface area contributed by atoms with E-state index in [0.717, 1.165) is 17.1 Å². The normalized spacial score (nSPS) is 9.93. The number of para-hydroxylation sites is 2. The minimum Gasteiger partial charge on any atom is -0.457 e. The van der Waals surface area contributed by atoms with Gasteiger partial charge in [-0.05, 0) is 30.2 Å². The number of ether oxygens (including phenoxy) is 1. The molecule has 15 heavy (non-hydrogen) atoms. The van der Waals surface area contributed by atoms with Crippen molar-refractivity contribution in [1.82, 2.24) is 0 Å². The number of benzene rings is 2. The van der Waals surface area contributed by atoms with Gasteiger partial charge in [-0.3, -0.25) is 0 Å². The summed E-state index contributed by atoms with van der Waals surface area (Å²) >= 11 is 0. The largest absolute Gasteiger partial charge is 0.457 e. The van der Waals surface area contributed by atoms with Gasteiger partial charge in [-0.2, -0.15) is 0 Å². The molecule has 0 spiro atoms. The predicted octanol–water partition coefficient (Wildman–Crippen LogP) is 4.05. The maximum Gasteiger partial charge on any atom is 0.130 e. The Bertz CT molecular complexity index is 420. The van der Waals surface area contributed by atoms with Crippen LogP contribution in [0.4, 0.5) is 0 Å². The summed E-state index contributed by atoms with van der Waals surface area (Å²) in [6.07, 6.45) is 2.04. The fraction of sp³-hybridized carbons (Fsp3) is 0.0714. The van der Waals surface area contributed by atoms with Crippen molar-refractivity contribution in [2.24, 2.45) is 0 Å². The van der Waals surface area contributed by atoms with E-state index in [1.54, 1.807) is 0 Å². The Kier molecular flexibility index (Phi) is 3.03. The van der Waals surface area contributed by atoms with Crippen molar-refractivity contribution in [3.63, 3.8) is 0 Å². The maximum atomic E-state index is 5.77. The van der Waals surface area contributed by atoms with Gasteiger partial charge in [-0.1, -0.05) is 43.3 Å². The van der Waals surface area contributed by atoms with E-state index in [2.05, 4.69) is 0 Å². The Morgan fingerprint density at radius 1 is 0.867 bits per heavy atom. The summed E-state index contributed by atoms with van der Waals surface area (Å²) in [7, 11) is 0. The van der Waals surface area contributed by atoms with Crippen molar-refractivity contribution in [2.45, 2.75) is 6.92 Å². The third kappa shape index (κ3) is 2.38. The fourth-order valence-electron chi connectivity index (χ4n) is 1.43. The van der Waals surface area contributed by atoms with Crippen molar-refractivity contribution in [3.8, 4) is 11.5 Å². The van der Waals surface area contributed by atoms with Crippen LogP contribution >= 0.6 is 0 Å². The number of hydrogen-bond donors (Lipinski definition) is 0. The monoisotopic (exact) mass is 197 g/mol. The molecule has 0 N–H and O–H groups in total. The highest BCUT2D eigenvalue weighted by Crippen LogP contribution is 2.25. The maximum absolute atomic E-state index is 5.77. The number of hydrogen-bond acceptors (Lipinski definition) is 1. The van der Waals surface area contributed by atoms with E-state index in [0.29, 0.717) is 0 Å². The lowest BCUT2D eigenvalue weighted by molar-refractivity contribution is 0.480. The van der Waals surface area contributed by atoms with E-state index >= 15 is 0 Å². The minimum absolute atomic E-state index is 0.867. The van der Waals surface area contributed by atoms with Gasteiger partial charge in [0, 0.05) is 0 Å². The van der Waals surface area contributed by atoms with Gasteiger partial charge in [0.05, 0.1) is 0 Å². The molecule has 1 heteroatoms. The standard InChI is InChI=1S/C14H13O/c1-2-12-8-6-7-11-14(12)15-13-9-4-3-5-10-13/h2-11H,1H3. The Balaban J connectivity index is 2.24. The highest BCUT2D eigenvalue weighted by Gasteiger charge is 2.01. The molecule has 0 amide bonds.